The first-order valence-corrected chi connectivity index (χ1v) is 3.77. The summed E-state index contributed by atoms with van der Waals surface area (Å²) in [6, 6.07) is 7.13. The molecule has 1 heterocycles. The fourth-order valence-electron chi connectivity index (χ4n) is 1.36. The lowest BCUT2D eigenvalue weighted by atomic mass is 10.3. The molecule has 12 heavy (non-hydrogen) atoms. The van der Waals surface area contributed by atoms with E-state index in [1.807, 2.05) is 12.1 Å². The molecule has 0 unspecified atom stereocenters. The number of rotatable bonds is 0. The van der Waals surface area contributed by atoms with E-state index >= 15 is 0 Å². The van der Waals surface area contributed by atoms with Gasteiger partial charge in [0.1, 0.15) is 6.17 Å². The van der Waals surface area contributed by atoms with Crippen LogP contribution in [0.2, 0.25) is 0 Å². The number of hydrogen-bond acceptors (Lipinski definition) is 4. The van der Waals surface area contributed by atoms with Gasteiger partial charge < -0.3 is 0 Å². The summed E-state index contributed by atoms with van der Waals surface area (Å²) in [4.78, 5) is 0. The molecule has 0 aliphatic carbocycles. The molecule has 64 valence electrons. The minimum atomic E-state index is -0.414. The average molecular weight is 166 g/mol. The van der Waals surface area contributed by atoms with Gasteiger partial charge >= 0.3 is 0 Å². The second-order valence-corrected chi connectivity index (χ2v) is 2.81. The molecule has 1 aromatic carbocycles. The standard InChI is InChI=1S/C8H10N2O2/c1-6-9(11)7-4-2-3-5-8(7)10(6)12/h2-6,11-12H,1H3. The minimum Gasteiger partial charge on any atom is -0.286 e. The molecule has 0 bridgehead atoms. The summed E-state index contributed by atoms with van der Waals surface area (Å²) in [5.74, 6) is 0. The third-order valence-electron chi connectivity index (χ3n) is 2.08. The van der Waals surface area contributed by atoms with Gasteiger partial charge in [0.05, 0.1) is 11.4 Å². The second-order valence-electron chi connectivity index (χ2n) is 2.81. The molecule has 1 aliphatic heterocycles. The van der Waals surface area contributed by atoms with E-state index in [1.54, 1.807) is 19.1 Å². The van der Waals surface area contributed by atoms with Crippen LogP contribution in [0, 0.1) is 0 Å². The molecule has 0 amide bonds. The van der Waals surface area contributed by atoms with Crippen molar-refractivity contribution >= 4 is 11.4 Å². The first-order valence-electron chi connectivity index (χ1n) is 3.77. The van der Waals surface area contributed by atoms with E-state index in [9.17, 15) is 10.4 Å². The smallest absolute Gasteiger partial charge is 0.149 e. The number of hydroxylamine groups is 2. The zero-order chi connectivity index (χ0) is 8.72. The maximum Gasteiger partial charge on any atom is 0.149 e. The summed E-state index contributed by atoms with van der Waals surface area (Å²) in [5.41, 5.74) is 1.26. The lowest BCUT2D eigenvalue weighted by Gasteiger charge is -2.19. The molecule has 0 fully saturated rings. The van der Waals surface area contributed by atoms with Gasteiger partial charge in [-0.25, -0.2) is 10.1 Å². The van der Waals surface area contributed by atoms with Gasteiger partial charge in [0.25, 0.3) is 0 Å². The fraction of sp³-hybridized carbons (Fsp3) is 0.250. The topological polar surface area (TPSA) is 46.9 Å². The van der Waals surface area contributed by atoms with Crippen molar-refractivity contribution < 1.29 is 10.4 Å². The highest BCUT2D eigenvalue weighted by molar-refractivity contribution is 5.74. The number of nitrogens with zero attached hydrogens (tertiary/aromatic N) is 2. The summed E-state index contributed by atoms with van der Waals surface area (Å²) in [6.07, 6.45) is -0.414. The molecule has 0 atom stereocenters. The third kappa shape index (κ3) is 0.790. The predicted molar refractivity (Wildman–Crippen MR) is 44.4 cm³/mol. The lowest BCUT2D eigenvalue weighted by molar-refractivity contribution is 0.160. The van der Waals surface area contributed by atoms with Crippen LogP contribution < -0.4 is 10.1 Å². The second kappa shape index (κ2) is 2.36. The van der Waals surface area contributed by atoms with E-state index in [-0.39, 0.29) is 0 Å². The molecule has 0 aromatic heterocycles. The van der Waals surface area contributed by atoms with Crippen LogP contribution in [0.15, 0.2) is 24.3 Å². The Labute approximate surface area is 70.2 Å². The van der Waals surface area contributed by atoms with Gasteiger partial charge in [-0.15, -0.1) is 0 Å². The van der Waals surface area contributed by atoms with Crippen LogP contribution in [0.5, 0.6) is 0 Å². The van der Waals surface area contributed by atoms with Gasteiger partial charge in [-0.1, -0.05) is 12.1 Å². The highest BCUT2D eigenvalue weighted by Crippen LogP contribution is 2.36. The van der Waals surface area contributed by atoms with E-state index in [2.05, 4.69) is 0 Å². The van der Waals surface area contributed by atoms with Crippen molar-refractivity contribution in [2.45, 2.75) is 13.1 Å². The van der Waals surface area contributed by atoms with Gasteiger partial charge in [-0.05, 0) is 19.1 Å². The Morgan fingerprint density at radius 1 is 1.08 bits per heavy atom. The van der Waals surface area contributed by atoms with Crippen LogP contribution in [-0.4, -0.2) is 16.6 Å². The molecule has 2 rings (SSSR count). The maximum atomic E-state index is 9.45. The van der Waals surface area contributed by atoms with Crippen molar-refractivity contribution in [3.63, 3.8) is 0 Å². The Morgan fingerprint density at radius 3 is 1.92 bits per heavy atom. The summed E-state index contributed by atoms with van der Waals surface area (Å²) in [6.45, 7) is 1.71. The van der Waals surface area contributed by atoms with Crippen LogP contribution in [0.1, 0.15) is 6.92 Å². The molecule has 4 nitrogen and oxygen atoms in total. The largest absolute Gasteiger partial charge is 0.286 e. The monoisotopic (exact) mass is 166 g/mol. The van der Waals surface area contributed by atoms with Crippen molar-refractivity contribution in [1.29, 1.82) is 0 Å². The van der Waals surface area contributed by atoms with Crippen LogP contribution in [0.25, 0.3) is 0 Å². The van der Waals surface area contributed by atoms with E-state index in [1.165, 1.54) is 0 Å². The summed E-state index contributed by atoms with van der Waals surface area (Å²) < 4.78 is 0. The molecule has 0 saturated heterocycles. The van der Waals surface area contributed by atoms with Crippen LogP contribution >= 0.6 is 0 Å². The van der Waals surface area contributed by atoms with Crippen LogP contribution in [0.3, 0.4) is 0 Å². The number of anilines is 2. The van der Waals surface area contributed by atoms with Gasteiger partial charge in [-0.2, -0.15) is 0 Å². The Hall–Kier alpha value is -1.26. The average Bonchev–Trinajstić information content (AvgIpc) is 2.33. The van der Waals surface area contributed by atoms with Crippen molar-refractivity contribution in [1.82, 2.24) is 0 Å². The summed E-state index contributed by atoms with van der Waals surface area (Å²) >= 11 is 0. The van der Waals surface area contributed by atoms with E-state index in [4.69, 9.17) is 0 Å². The van der Waals surface area contributed by atoms with E-state index in [0.29, 0.717) is 11.4 Å². The number of hydrogen-bond donors (Lipinski definition) is 2. The molecule has 0 saturated carbocycles. The van der Waals surface area contributed by atoms with Crippen molar-refractivity contribution in [2.75, 3.05) is 10.1 Å². The molecule has 1 aliphatic rings. The van der Waals surface area contributed by atoms with Crippen LogP contribution in [0.4, 0.5) is 11.4 Å². The number of para-hydroxylation sites is 2. The molecule has 4 heteroatoms. The third-order valence-corrected chi connectivity index (χ3v) is 2.08. The highest BCUT2D eigenvalue weighted by atomic mass is 16.6. The molecule has 0 radical (unpaired) electrons. The number of benzene rings is 1. The Bertz CT molecular complexity index is 274. The van der Waals surface area contributed by atoms with E-state index in [0.717, 1.165) is 10.1 Å². The molecular formula is C8H10N2O2. The van der Waals surface area contributed by atoms with Gasteiger partial charge in [0, 0.05) is 0 Å². The van der Waals surface area contributed by atoms with Gasteiger partial charge in [0.15, 0.2) is 0 Å². The maximum absolute atomic E-state index is 9.45. The SMILES string of the molecule is CC1N(O)c2ccccc2N1O. The first kappa shape index (κ1) is 7.39. The van der Waals surface area contributed by atoms with E-state index < -0.39 is 6.17 Å². The Morgan fingerprint density at radius 2 is 1.50 bits per heavy atom. The minimum absolute atomic E-state index is 0.414. The lowest BCUT2D eigenvalue weighted by Crippen LogP contribution is -2.36. The summed E-state index contributed by atoms with van der Waals surface area (Å²) in [7, 11) is 0. The highest BCUT2D eigenvalue weighted by Gasteiger charge is 2.30. The molecular weight excluding hydrogens is 156 g/mol. The first-order chi connectivity index (χ1) is 5.72. The zero-order valence-electron chi connectivity index (χ0n) is 6.68. The van der Waals surface area contributed by atoms with Crippen molar-refractivity contribution in [3.05, 3.63) is 24.3 Å². The quantitative estimate of drug-likeness (QED) is 0.612. The van der Waals surface area contributed by atoms with Crippen molar-refractivity contribution in [3.8, 4) is 0 Å². The van der Waals surface area contributed by atoms with Gasteiger partial charge in [0.2, 0.25) is 0 Å². The summed E-state index contributed by atoms with van der Waals surface area (Å²) in [5, 5.41) is 21.0. The van der Waals surface area contributed by atoms with Crippen molar-refractivity contribution in [2.24, 2.45) is 0 Å². The zero-order valence-corrected chi connectivity index (χ0v) is 6.68. The normalized spacial score (nSPS) is 16.9. The molecule has 1 aromatic rings. The number of fused-ring (bicyclic) bond motifs is 1. The Balaban J connectivity index is 2.52. The fourth-order valence-corrected chi connectivity index (χ4v) is 1.36. The molecule has 2 N–H and O–H groups in total. The Kier molecular flexibility index (Phi) is 1.46. The van der Waals surface area contributed by atoms with Crippen LogP contribution in [-0.2, 0) is 0 Å². The molecule has 0 spiro atoms. The van der Waals surface area contributed by atoms with Gasteiger partial charge in [-0.3, -0.25) is 10.4 Å². The predicted octanol–water partition coefficient (Wildman–Crippen LogP) is 1.44.